The molecule has 1 heterocycles. The van der Waals surface area contributed by atoms with Crippen molar-refractivity contribution in [1.82, 2.24) is 4.90 Å². The zero-order valence-electron chi connectivity index (χ0n) is 16.3. The first kappa shape index (κ1) is 18.9. The fourth-order valence-corrected chi connectivity index (χ4v) is 3.43. The topological polar surface area (TPSA) is 51.2 Å². The third-order valence-electron chi connectivity index (χ3n) is 4.87. The molecule has 0 N–H and O–H groups in total. The Bertz CT molecular complexity index is 814. The van der Waals surface area contributed by atoms with Crippen LogP contribution in [0.4, 0.5) is 5.69 Å². The van der Waals surface area contributed by atoms with Gasteiger partial charge >= 0.3 is 0 Å². The summed E-state index contributed by atoms with van der Waals surface area (Å²) in [5, 5.41) is 0. The first-order chi connectivity index (χ1) is 13.1. The summed E-state index contributed by atoms with van der Waals surface area (Å²) in [6.07, 6.45) is 0. The number of methoxy groups -OCH3 is 3. The number of ether oxygens (including phenoxy) is 3. The van der Waals surface area contributed by atoms with Gasteiger partial charge in [0.1, 0.15) is 0 Å². The van der Waals surface area contributed by atoms with Gasteiger partial charge < -0.3 is 24.0 Å². The summed E-state index contributed by atoms with van der Waals surface area (Å²) in [6.45, 7) is 5.00. The highest BCUT2D eigenvalue weighted by molar-refractivity contribution is 5.98. The van der Waals surface area contributed by atoms with Gasteiger partial charge in [-0.05, 0) is 36.8 Å². The quantitative estimate of drug-likeness (QED) is 0.810. The maximum Gasteiger partial charge on any atom is 0.257 e. The van der Waals surface area contributed by atoms with E-state index in [0.717, 1.165) is 13.1 Å². The van der Waals surface area contributed by atoms with Crippen LogP contribution in [0.1, 0.15) is 15.9 Å². The van der Waals surface area contributed by atoms with Gasteiger partial charge in [0.2, 0.25) is 5.75 Å². The number of amides is 1. The van der Waals surface area contributed by atoms with Gasteiger partial charge in [-0.25, -0.2) is 0 Å². The second-order valence-corrected chi connectivity index (χ2v) is 6.50. The Hall–Kier alpha value is -2.89. The largest absolute Gasteiger partial charge is 0.493 e. The summed E-state index contributed by atoms with van der Waals surface area (Å²) in [4.78, 5) is 17.2. The number of hydrogen-bond acceptors (Lipinski definition) is 5. The van der Waals surface area contributed by atoms with Crippen molar-refractivity contribution in [3.05, 3.63) is 47.5 Å². The highest BCUT2D eigenvalue weighted by atomic mass is 16.5. The van der Waals surface area contributed by atoms with Crippen LogP contribution in [0.25, 0.3) is 0 Å². The van der Waals surface area contributed by atoms with Gasteiger partial charge in [-0.3, -0.25) is 4.79 Å². The van der Waals surface area contributed by atoms with Crippen molar-refractivity contribution in [1.29, 1.82) is 0 Å². The van der Waals surface area contributed by atoms with Crippen molar-refractivity contribution in [3.63, 3.8) is 0 Å². The first-order valence-corrected chi connectivity index (χ1v) is 8.99. The van der Waals surface area contributed by atoms with Crippen LogP contribution in [0.3, 0.4) is 0 Å². The van der Waals surface area contributed by atoms with E-state index in [4.69, 9.17) is 14.2 Å². The molecule has 0 unspecified atom stereocenters. The molecular formula is C21H26N2O4. The van der Waals surface area contributed by atoms with Crippen LogP contribution in [0.2, 0.25) is 0 Å². The second kappa shape index (κ2) is 8.20. The van der Waals surface area contributed by atoms with Crippen LogP contribution in [-0.4, -0.2) is 58.3 Å². The maximum absolute atomic E-state index is 13.1. The van der Waals surface area contributed by atoms with E-state index in [1.54, 1.807) is 19.2 Å². The molecule has 2 aromatic carbocycles. The van der Waals surface area contributed by atoms with Gasteiger partial charge in [0.05, 0.1) is 26.9 Å². The third kappa shape index (κ3) is 3.79. The van der Waals surface area contributed by atoms with Crippen molar-refractivity contribution >= 4 is 11.6 Å². The fraction of sp³-hybridized carbons (Fsp3) is 0.381. The molecule has 0 atom stereocenters. The first-order valence-electron chi connectivity index (χ1n) is 8.99. The maximum atomic E-state index is 13.1. The van der Waals surface area contributed by atoms with Gasteiger partial charge in [0, 0.05) is 31.9 Å². The highest BCUT2D eigenvalue weighted by Gasteiger charge is 2.27. The molecule has 27 heavy (non-hydrogen) atoms. The standard InChI is InChI=1S/C21H26N2O4/c1-15-6-5-7-16(14-15)22-10-12-23(13-11-22)21(24)17-8-9-18(25-2)20(27-4)19(17)26-3/h5-9,14H,10-13H2,1-4H3. The van der Waals surface area contributed by atoms with Gasteiger partial charge in [-0.2, -0.15) is 0 Å². The molecule has 1 amide bonds. The zero-order valence-corrected chi connectivity index (χ0v) is 16.3. The van der Waals surface area contributed by atoms with E-state index in [1.165, 1.54) is 25.5 Å². The molecule has 1 fully saturated rings. The van der Waals surface area contributed by atoms with Gasteiger partial charge in [0.25, 0.3) is 5.91 Å². The Morgan fingerprint density at radius 1 is 0.889 bits per heavy atom. The molecule has 0 aliphatic carbocycles. The predicted molar refractivity (Wildman–Crippen MR) is 105 cm³/mol. The number of aryl methyl sites for hydroxylation is 1. The molecule has 144 valence electrons. The van der Waals surface area contributed by atoms with Crippen molar-refractivity contribution in [2.45, 2.75) is 6.92 Å². The second-order valence-electron chi connectivity index (χ2n) is 6.50. The molecule has 3 rings (SSSR count). The summed E-state index contributed by atoms with van der Waals surface area (Å²) in [6, 6.07) is 11.9. The fourth-order valence-electron chi connectivity index (χ4n) is 3.43. The molecule has 6 heteroatoms. The molecule has 1 saturated heterocycles. The molecule has 1 aliphatic heterocycles. The van der Waals surface area contributed by atoms with Gasteiger partial charge in [-0.1, -0.05) is 12.1 Å². The number of carbonyl (C=O) groups excluding carboxylic acids is 1. The van der Waals surface area contributed by atoms with Crippen LogP contribution in [0.15, 0.2) is 36.4 Å². The Morgan fingerprint density at radius 3 is 2.19 bits per heavy atom. The third-order valence-corrected chi connectivity index (χ3v) is 4.87. The molecular weight excluding hydrogens is 344 g/mol. The lowest BCUT2D eigenvalue weighted by molar-refractivity contribution is 0.0742. The molecule has 0 radical (unpaired) electrons. The smallest absolute Gasteiger partial charge is 0.257 e. The van der Waals surface area contributed by atoms with E-state index < -0.39 is 0 Å². The minimum atomic E-state index is -0.0586. The predicted octanol–water partition coefficient (Wildman–Crippen LogP) is 2.98. The summed E-state index contributed by atoms with van der Waals surface area (Å²) >= 11 is 0. The van der Waals surface area contributed by atoms with E-state index in [0.29, 0.717) is 35.9 Å². The Kier molecular flexibility index (Phi) is 5.74. The average molecular weight is 370 g/mol. The molecule has 0 spiro atoms. The lowest BCUT2D eigenvalue weighted by Crippen LogP contribution is -2.48. The minimum absolute atomic E-state index is 0.0586. The number of piperazine rings is 1. The highest BCUT2D eigenvalue weighted by Crippen LogP contribution is 2.40. The van der Waals surface area contributed by atoms with Crippen molar-refractivity contribution in [2.75, 3.05) is 52.4 Å². The Labute approximate surface area is 160 Å². The molecule has 0 bridgehead atoms. The average Bonchev–Trinajstić information content (AvgIpc) is 2.72. The van der Waals surface area contributed by atoms with Crippen molar-refractivity contribution < 1.29 is 19.0 Å². The van der Waals surface area contributed by atoms with E-state index in [2.05, 4.69) is 36.1 Å². The number of nitrogens with zero attached hydrogens (tertiary/aromatic N) is 2. The normalized spacial score (nSPS) is 14.1. The summed E-state index contributed by atoms with van der Waals surface area (Å²) in [5.41, 5.74) is 2.92. The van der Waals surface area contributed by atoms with Gasteiger partial charge in [0.15, 0.2) is 11.5 Å². The number of anilines is 1. The summed E-state index contributed by atoms with van der Waals surface area (Å²) in [5.74, 6) is 1.32. The SMILES string of the molecule is COc1ccc(C(=O)N2CCN(c3cccc(C)c3)CC2)c(OC)c1OC. The van der Waals surface area contributed by atoms with Crippen molar-refractivity contribution in [2.24, 2.45) is 0 Å². The monoisotopic (exact) mass is 370 g/mol. The van der Waals surface area contributed by atoms with Crippen LogP contribution in [-0.2, 0) is 0 Å². The number of hydrogen-bond donors (Lipinski definition) is 0. The number of rotatable bonds is 5. The Balaban J connectivity index is 1.76. The molecule has 6 nitrogen and oxygen atoms in total. The Morgan fingerprint density at radius 2 is 1.59 bits per heavy atom. The van der Waals surface area contributed by atoms with E-state index >= 15 is 0 Å². The van der Waals surface area contributed by atoms with Crippen LogP contribution in [0.5, 0.6) is 17.2 Å². The zero-order chi connectivity index (χ0) is 19.4. The summed E-state index contributed by atoms with van der Waals surface area (Å²) < 4.78 is 16.2. The molecule has 0 saturated carbocycles. The van der Waals surface area contributed by atoms with Crippen LogP contribution >= 0.6 is 0 Å². The van der Waals surface area contributed by atoms with Gasteiger partial charge in [-0.15, -0.1) is 0 Å². The molecule has 1 aliphatic rings. The lowest BCUT2D eigenvalue weighted by Gasteiger charge is -2.36. The van der Waals surface area contributed by atoms with E-state index in [-0.39, 0.29) is 5.91 Å². The lowest BCUT2D eigenvalue weighted by atomic mass is 10.1. The van der Waals surface area contributed by atoms with Crippen LogP contribution in [0, 0.1) is 6.92 Å². The number of benzene rings is 2. The van der Waals surface area contributed by atoms with E-state index in [1.807, 2.05) is 4.90 Å². The molecule has 0 aromatic heterocycles. The number of carbonyl (C=O) groups is 1. The van der Waals surface area contributed by atoms with E-state index in [9.17, 15) is 4.79 Å². The minimum Gasteiger partial charge on any atom is -0.493 e. The van der Waals surface area contributed by atoms with Crippen molar-refractivity contribution in [3.8, 4) is 17.2 Å². The van der Waals surface area contributed by atoms with Crippen LogP contribution < -0.4 is 19.1 Å². The molecule has 2 aromatic rings. The summed E-state index contributed by atoms with van der Waals surface area (Å²) in [7, 11) is 4.63.